The summed E-state index contributed by atoms with van der Waals surface area (Å²) in [4.78, 5) is 27.1. The maximum atomic E-state index is 12.7. The summed E-state index contributed by atoms with van der Waals surface area (Å²) in [5, 5.41) is 22.0. The summed E-state index contributed by atoms with van der Waals surface area (Å²) in [5.74, 6) is 0.525. The first-order valence-corrected chi connectivity index (χ1v) is 11.3. The summed E-state index contributed by atoms with van der Waals surface area (Å²) >= 11 is 1.65. The molecule has 0 aromatic heterocycles. The van der Waals surface area contributed by atoms with Crippen molar-refractivity contribution in [2.75, 3.05) is 25.5 Å². The van der Waals surface area contributed by atoms with Gasteiger partial charge < -0.3 is 20.4 Å². The topological polar surface area (TPSA) is 89.9 Å². The molecule has 1 saturated heterocycles. The molecule has 3 N–H and O–H groups in total. The number of rotatable bonds is 12. The highest BCUT2D eigenvalue weighted by Crippen LogP contribution is 2.21. The van der Waals surface area contributed by atoms with E-state index in [0.717, 1.165) is 18.6 Å². The third kappa shape index (κ3) is 7.49. The molecule has 0 bridgehead atoms. The predicted octanol–water partition coefficient (Wildman–Crippen LogP) is 1.96. The number of aliphatic hydroxyl groups excluding tert-OH is 2. The fourth-order valence-electron chi connectivity index (χ4n) is 3.52. The monoisotopic (exact) mass is 420 g/mol. The van der Waals surface area contributed by atoms with Crippen molar-refractivity contribution < 1.29 is 19.8 Å². The Hall–Kier alpha value is -1.83. The summed E-state index contributed by atoms with van der Waals surface area (Å²) in [6.07, 6.45) is 3.80. The first-order valence-electron chi connectivity index (χ1n) is 10.1. The predicted molar refractivity (Wildman–Crippen MR) is 116 cm³/mol. The Morgan fingerprint density at radius 1 is 1.31 bits per heavy atom. The van der Waals surface area contributed by atoms with Gasteiger partial charge in [-0.15, -0.1) is 6.58 Å². The second-order valence-electron chi connectivity index (χ2n) is 7.38. The van der Waals surface area contributed by atoms with Crippen LogP contribution >= 0.6 is 11.8 Å². The van der Waals surface area contributed by atoms with Gasteiger partial charge in [0.25, 0.3) is 0 Å². The van der Waals surface area contributed by atoms with E-state index in [4.69, 9.17) is 0 Å². The van der Waals surface area contributed by atoms with Crippen LogP contribution in [0.15, 0.2) is 43.0 Å². The van der Waals surface area contributed by atoms with Gasteiger partial charge in [-0.1, -0.05) is 36.4 Å². The van der Waals surface area contributed by atoms with E-state index in [0.29, 0.717) is 18.7 Å². The first kappa shape index (κ1) is 23.4. The molecule has 1 aliphatic rings. The number of hydrogen-bond donors (Lipinski definition) is 3. The van der Waals surface area contributed by atoms with E-state index in [1.807, 2.05) is 30.3 Å². The Labute approximate surface area is 177 Å². The van der Waals surface area contributed by atoms with Crippen LogP contribution < -0.4 is 5.32 Å². The largest absolute Gasteiger partial charge is 0.394 e. The van der Waals surface area contributed by atoms with Gasteiger partial charge in [0.2, 0.25) is 11.8 Å². The second-order valence-corrected chi connectivity index (χ2v) is 8.41. The number of aliphatic hydroxyl groups is 2. The lowest BCUT2D eigenvalue weighted by Gasteiger charge is -2.26. The van der Waals surface area contributed by atoms with Crippen molar-refractivity contribution in [3.8, 4) is 0 Å². The van der Waals surface area contributed by atoms with E-state index in [2.05, 4.69) is 11.9 Å². The molecule has 0 saturated carbocycles. The molecule has 160 valence electrons. The molecular formula is C22H32N2O4S. The smallest absolute Gasteiger partial charge is 0.224 e. The van der Waals surface area contributed by atoms with Crippen LogP contribution in [0.3, 0.4) is 0 Å². The minimum atomic E-state index is -0.520. The number of allylic oxidation sites excluding steroid dienone is 1. The molecule has 1 aromatic carbocycles. The van der Waals surface area contributed by atoms with Crippen LogP contribution in [0.5, 0.6) is 0 Å². The molecule has 1 aliphatic heterocycles. The van der Waals surface area contributed by atoms with E-state index < -0.39 is 5.92 Å². The van der Waals surface area contributed by atoms with E-state index in [1.165, 1.54) is 5.56 Å². The van der Waals surface area contributed by atoms with Crippen molar-refractivity contribution in [3.63, 3.8) is 0 Å². The first-order chi connectivity index (χ1) is 14.1. The Bertz CT molecular complexity index is 655. The van der Waals surface area contributed by atoms with Gasteiger partial charge in [-0.2, -0.15) is 11.8 Å². The Morgan fingerprint density at radius 3 is 2.72 bits per heavy atom. The SMILES string of the molecule is C=CC[C@H](CC(=O)N1CCC[C@H]1CO)C(=O)N[C@H](CO)CSCc1ccccc1. The minimum absolute atomic E-state index is 0.0463. The molecule has 2 amide bonds. The van der Waals surface area contributed by atoms with E-state index in [9.17, 15) is 19.8 Å². The third-order valence-electron chi connectivity index (χ3n) is 5.15. The van der Waals surface area contributed by atoms with Crippen molar-refractivity contribution in [3.05, 3.63) is 48.6 Å². The quantitative estimate of drug-likeness (QED) is 0.450. The summed E-state index contributed by atoms with van der Waals surface area (Å²) in [6.45, 7) is 4.13. The number of carbonyl (C=O) groups is 2. The molecule has 1 heterocycles. The van der Waals surface area contributed by atoms with Crippen molar-refractivity contribution in [1.82, 2.24) is 10.2 Å². The highest BCUT2D eigenvalue weighted by molar-refractivity contribution is 7.98. The van der Waals surface area contributed by atoms with Crippen LogP contribution in [0.2, 0.25) is 0 Å². The van der Waals surface area contributed by atoms with Gasteiger partial charge in [0.15, 0.2) is 0 Å². The van der Waals surface area contributed by atoms with Crippen LogP contribution in [0.4, 0.5) is 0 Å². The summed E-state index contributed by atoms with van der Waals surface area (Å²) < 4.78 is 0. The average molecular weight is 421 g/mol. The number of amides is 2. The molecule has 0 unspecified atom stereocenters. The Morgan fingerprint density at radius 2 is 2.07 bits per heavy atom. The highest BCUT2D eigenvalue weighted by Gasteiger charge is 2.31. The Balaban J connectivity index is 1.85. The van der Waals surface area contributed by atoms with Crippen LogP contribution in [-0.4, -0.2) is 64.5 Å². The number of carbonyl (C=O) groups excluding carboxylic acids is 2. The fourth-order valence-corrected chi connectivity index (χ4v) is 4.54. The number of thioether (sulfide) groups is 1. The zero-order valence-electron chi connectivity index (χ0n) is 16.8. The average Bonchev–Trinajstić information content (AvgIpc) is 3.22. The standard InChI is InChI=1S/C22H32N2O4S/c1-2-7-18(12-21(27)24-11-6-10-20(24)14-26)22(28)23-19(13-25)16-29-15-17-8-4-3-5-9-17/h2-5,8-9,18-20,25-26H,1,6-7,10-16H2,(H,23,28)/t18-,19-,20+/m1/s1. The molecule has 0 radical (unpaired) electrons. The van der Waals surface area contributed by atoms with Crippen molar-refractivity contribution in [2.24, 2.45) is 5.92 Å². The van der Waals surface area contributed by atoms with Crippen molar-refractivity contribution >= 4 is 23.6 Å². The van der Waals surface area contributed by atoms with Crippen LogP contribution in [-0.2, 0) is 15.3 Å². The highest BCUT2D eigenvalue weighted by atomic mass is 32.2. The summed E-state index contributed by atoms with van der Waals surface area (Å²) in [6, 6.07) is 9.52. The lowest BCUT2D eigenvalue weighted by atomic mass is 9.99. The van der Waals surface area contributed by atoms with Crippen LogP contribution in [0.25, 0.3) is 0 Å². The second kappa shape index (κ2) is 12.7. The van der Waals surface area contributed by atoms with E-state index in [-0.39, 0.29) is 43.5 Å². The molecule has 0 aliphatic carbocycles. The molecule has 7 heteroatoms. The van der Waals surface area contributed by atoms with Crippen LogP contribution in [0.1, 0.15) is 31.2 Å². The molecule has 6 nitrogen and oxygen atoms in total. The van der Waals surface area contributed by atoms with E-state index in [1.54, 1.807) is 22.7 Å². The van der Waals surface area contributed by atoms with Gasteiger partial charge in [0, 0.05) is 24.5 Å². The normalized spacial score (nSPS) is 18.3. The van der Waals surface area contributed by atoms with Gasteiger partial charge in [-0.3, -0.25) is 9.59 Å². The molecule has 2 rings (SSSR count). The molecule has 1 fully saturated rings. The summed E-state index contributed by atoms with van der Waals surface area (Å²) in [7, 11) is 0. The lowest BCUT2D eigenvalue weighted by molar-refractivity contribution is -0.137. The summed E-state index contributed by atoms with van der Waals surface area (Å²) in [5.41, 5.74) is 1.19. The molecule has 1 aromatic rings. The van der Waals surface area contributed by atoms with Gasteiger partial charge in [-0.05, 0) is 24.8 Å². The zero-order valence-corrected chi connectivity index (χ0v) is 17.7. The third-order valence-corrected chi connectivity index (χ3v) is 6.32. The fraction of sp³-hybridized carbons (Fsp3) is 0.545. The zero-order chi connectivity index (χ0) is 21.1. The molecule has 3 atom stereocenters. The molecule has 29 heavy (non-hydrogen) atoms. The van der Waals surface area contributed by atoms with E-state index >= 15 is 0 Å². The molecule has 0 spiro atoms. The Kier molecular flexibility index (Phi) is 10.2. The van der Waals surface area contributed by atoms with Gasteiger partial charge in [0.05, 0.1) is 31.2 Å². The maximum absolute atomic E-state index is 12.7. The number of likely N-dealkylation sites (tertiary alicyclic amines) is 1. The van der Waals surface area contributed by atoms with Gasteiger partial charge >= 0.3 is 0 Å². The van der Waals surface area contributed by atoms with Gasteiger partial charge in [-0.25, -0.2) is 0 Å². The van der Waals surface area contributed by atoms with Crippen LogP contribution in [0, 0.1) is 5.92 Å². The number of hydrogen-bond acceptors (Lipinski definition) is 5. The number of nitrogens with zero attached hydrogens (tertiary/aromatic N) is 1. The van der Waals surface area contributed by atoms with Gasteiger partial charge in [0.1, 0.15) is 0 Å². The van der Waals surface area contributed by atoms with Crippen molar-refractivity contribution in [1.29, 1.82) is 0 Å². The molecular weight excluding hydrogens is 388 g/mol. The number of benzene rings is 1. The maximum Gasteiger partial charge on any atom is 0.224 e. The van der Waals surface area contributed by atoms with Crippen molar-refractivity contribution in [2.45, 2.75) is 43.5 Å². The minimum Gasteiger partial charge on any atom is -0.394 e. The lowest BCUT2D eigenvalue weighted by Crippen LogP contribution is -2.45. The number of nitrogens with one attached hydrogen (secondary N) is 1.